The molecule has 4 nitrogen and oxygen atoms in total. The maximum absolute atomic E-state index is 7.40. The van der Waals surface area contributed by atoms with Crippen molar-refractivity contribution in [1.29, 1.82) is 5.41 Å². The van der Waals surface area contributed by atoms with Gasteiger partial charge in [0, 0.05) is 18.0 Å². The molecule has 0 fully saturated rings. The average Bonchev–Trinajstić information content (AvgIpc) is 2.30. The van der Waals surface area contributed by atoms with Crippen molar-refractivity contribution in [1.82, 2.24) is 9.97 Å². The lowest BCUT2D eigenvalue weighted by Crippen LogP contribution is -2.15. The van der Waals surface area contributed by atoms with E-state index in [4.69, 9.17) is 11.1 Å². The number of rotatable bonds is 2. The molecule has 1 aromatic heterocycles. The van der Waals surface area contributed by atoms with Gasteiger partial charge in [-0.3, -0.25) is 10.4 Å². The Morgan fingerprint density at radius 2 is 1.73 bits per heavy atom. The van der Waals surface area contributed by atoms with Crippen molar-refractivity contribution in [2.24, 2.45) is 5.73 Å². The molecule has 0 saturated heterocycles. The molecule has 0 atom stereocenters. The molecule has 1 heterocycles. The maximum atomic E-state index is 7.40. The Morgan fingerprint density at radius 1 is 1.07 bits per heavy atom. The van der Waals surface area contributed by atoms with Gasteiger partial charge in [-0.2, -0.15) is 0 Å². The molecule has 15 heavy (non-hydrogen) atoms. The second-order valence-corrected chi connectivity index (χ2v) is 3.03. The van der Waals surface area contributed by atoms with E-state index in [0.717, 1.165) is 5.56 Å². The Bertz CT molecular complexity index is 479. The van der Waals surface area contributed by atoms with Gasteiger partial charge >= 0.3 is 0 Å². The first-order valence-electron chi connectivity index (χ1n) is 4.50. The molecule has 2 rings (SSSR count). The van der Waals surface area contributed by atoms with Crippen LogP contribution in [0.3, 0.4) is 0 Å². The predicted molar refractivity (Wildman–Crippen MR) is 58.5 cm³/mol. The molecule has 0 bridgehead atoms. The van der Waals surface area contributed by atoms with Gasteiger partial charge < -0.3 is 5.73 Å². The summed E-state index contributed by atoms with van der Waals surface area (Å²) in [4.78, 5) is 8.23. The van der Waals surface area contributed by atoms with Crippen molar-refractivity contribution in [3.05, 3.63) is 48.4 Å². The van der Waals surface area contributed by atoms with Crippen molar-refractivity contribution in [2.75, 3.05) is 0 Å². The lowest BCUT2D eigenvalue weighted by atomic mass is 10.1. The van der Waals surface area contributed by atoms with Crippen LogP contribution in [-0.2, 0) is 0 Å². The summed E-state index contributed by atoms with van der Waals surface area (Å²) in [5.41, 5.74) is 7.41. The highest BCUT2D eigenvalue weighted by atomic mass is 14.9. The molecule has 0 amide bonds. The fraction of sp³-hybridized carbons (Fsp3) is 0. The number of amidine groups is 1. The quantitative estimate of drug-likeness (QED) is 0.566. The summed E-state index contributed by atoms with van der Waals surface area (Å²) in [6.45, 7) is 0. The first-order valence-corrected chi connectivity index (χ1v) is 4.50. The van der Waals surface area contributed by atoms with Gasteiger partial charge in [-0.1, -0.05) is 30.3 Å². The predicted octanol–water partition coefficient (Wildman–Crippen LogP) is 1.43. The molecule has 0 aliphatic carbocycles. The minimum atomic E-state index is -0.0676. The zero-order valence-electron chi connectivity index (χ0n) is 8.01. The molecule has 1 aromatic carbocycles. The van der Waals surface area contributed by atoms with Crippen LogP contribution in [0.25, 0.3) is 11.3 Å². The van der Waals surface area contributed by atoms with Crippen LogP contribution in [-0.4, -0.2) is 15.8 Å². The third-order valence-corrected chi connectivity index (χ3v) is 2.00. The Balaban J connectivity index is 2.58. The van der Waals surface area contributed by atoms with E-state index in [-0.39, 0.29) is 5.84 Å². The largest absolute Gasteiger partial charge is 0.382 e. The van der Waals surface area contributed by atoms with Gasteiger partial charge in [0.05, 0.1) is 5.69 Å². The molecule has 74 valence electrons. The van der Waals surface area contributed by atoms with Crippen molar-refractivity contribution >= 4 is 5.84 Å². The van der Waals surface area contributed by atoms with Crippen LogP contribution in [0.2, 0.25) is 0 Å². The Hall–Kier alpha value is -2.23. The smallest absolute Gasteiger partial charge is 0.144 e. The van der Waals surface area contributed by atoms with E-state index in [2.05, 4.69) is 9.97 Å². The van der Waals surface area contributed by atoms with Gasteiger partial charge in [0.25, 0.3) is 0 Å². The normalized spacial score (nSPS) is 9.87. The molecule has 4 heteroatoms. The number of nitrogen functional groups attached to an aromatic ring is 1. The zero-order chi connectivity index (χ0) is 10.7. The van der Waals surface area contributed by atoms with Crippen LogP contribution >= 0.6 is 0 Å². The number of nitrogens with zero attached hydrogens (tertiary/aromatic N) is 2. The van der Waals surface area contributed by atoms with E-state index < -0.39 is 0 Å². The van der Waals surface area contributed by atoms with Gasteiger partial charge in [0.1, 0.15) is 11.5 Å². The number of nitrogens with one attached hydrogen (secondary N) is 1. The van der Waals surface area contributed by atoms with Crippen LogP contribution in [0.1, 0.15) is 5.69 Å². The highest BCUT2D eigenvalue weighted by Gasteiger charge is 2.08. The zero-order valence-corrected chi connectivity index (χ0v) is 8.01. The second kappa shape index (κ2) is 3.88. The van der Waals surface area contributed by atoms with Gasteiger partial charge in [-0.25, -0.2) is 4.98 Å². The van der Waals surface area contributed by atoms with Gasteiger partial charge in [-0.05, 0) is 0 Å². The molecular formula is C11H10N4. The highest BCUT2D eigenvalue weighted by Crippen LogP contribution is 2.18. The summed E-state index contributed by atoms with van der Waals surface area (Å²) in [6, 6.07) is 9.57. The molecule has 0 aliphatic heterocycles. The van der Waals surface area contributed by atoms with Crippen LogP contribution in [0.5, 0.6) is 0 Å². The minimum absolute atomic E-state index is 0.0676. The van der Waals surface area contributed by atoms with Crippen LogP contribution in [0.15, 0.2) is 42.7 Å². The van der Waals surface area contributed by atoms with Crippen molar-refractivity contribution in [3.8, 4) is 11.3 Å². The summed E-state index contributed by atoms with van der Waals surface area (Å²) in [7, 11) is 0. The van der Waals surface area contributed by atoms with Crippen LogP contribution < -0.4 is 5.73 Å². The molecule has 3 N–H and O–H groups in total. The first kappa shape index (κ1) is 9.33. The van der Waals surface area contributed by atoms with Crippen LogP contribution in [0, 0.1) is 5.41 Å². The number of benzene rings is 1. The fourth-order valence-electron chi connectivity index (χ4n) is 1.34. The maximum Gasteiger partial charge on any atom is 0.144 e. The monoisotopic (exact) mass is 198 g/mol. The standard InChI is InChI=1S/C11H10N4/c12-11(13)10-9(14-6-7-15-10)8-4-2-1-3-5-8/h1-7H,(H3,12,13). The van der Waals surface area contributed by atoms with Crippen LogP contribution in [0.4, 0.5) is 0 Å². The SMILES string of the molecule is N=C(N)c1nccnc1-c1ccccc1. The van der Waals surface area contributed by atoms with Gasteiger partial charge in [-0.15, -0.1) is 0 Å². The van der Waals surface area contributed by atoms with Crippen molar-refractivity contribution in [2.45, 2.75) is 0 Å². The van der Waals surface area contributed by atoms with E-state index in [1.165, 1.54) is 6.20 Å². The molecule has 0 radical (unpaired) electrons. The molecule has 0 unspecified atom stereocenters. The number of hydrogen-bond donors (Lipinski definition) is 2. The van der Waals surface area contributed by atoms with Crippen molar-refractivity contribution in [3.63, 3.8) is 0 Å². The average molecular weight is 198 g/mol. The third-order valence-electron chi connectivity index (χ3n) is 2.00. The van der Waals surface area contributed by atoms with Crippen molar-refractivity contribution < 1.29 is 0 Å². The Morgan fingerprint density at radius 3 is 2.40 bits per heavy atom. The topological polar surface area (TPSA) is 75.7 Å². The van der Waals surface area contributed by atoms with E-state index in [1.807, 2.05) is 30.3 Å². The van der Waals surface area contributed by atoms with E-state index in [1.54, 1.807) is 6.20 Å². The lowest BCUT2D eigenvalue weighted by molar-refractivity contribution is 1.17. The highest BCUT2D eigenvalue weighted by molar-refractivity contribution is 5.98. The molecular weight excluding hydrogens is 188 g/mol. The van der Waals surface area contributed by atoms with Gasteiger partial charge in [0.15, 0.2) is 0 Å². The molecule has 0 spiro atoms. The molecule has 0 aliphatic rings. The Labute approximate surface area is 87.3 Å². The van der Waals surface area contributed by atoms with E-state index in [0.29, 0.717) is 11.4 Å². The second-order valence-electron chi connectivity index (χ2n) is 3.03. The minimum Gasteiger partial charge on any atom is -0.382 e. The summed E-state index contributed by atoms with van der Waals surface area (Å²) >= 11 is 0. The van der Waals surface area contributed by atoms with E-state index in [9.17, 15) is 0 Å². The molecule has 2 aromatic rings. The third kappa shape index (κ3) is 1.83. The number of nitrogens with two attached hydrogens (primary N) is 1. The summed E-state index contributed by atoms with van der Waals surface area (Å²) in [5.74, 6) is -0.0676. The number of hydrogen-bond acceptors (Lipinski definition) is 3. The van der Waals surface area contributed by atoms with E-state index >= 15 is 0 Å². The lowest BCUT2D eigenvalue weighted by Gasteiger charge is -2.04. The summed E-state index contributed by atoms with van der Waals surface area (Å²) in [6.07, 6.45) is 3.12. The summed E-state index contributed by atoms with van der Waals surface area (Å²) in [5, 5.41) is 7.40. The Kier molecular flexibility index (Phi) is 2.41. The first-order chi connectivity index (χ1) is 7.29. The number of aromatic nitrogens is 2. The summed E-state index contributed by atoms with van der Waals surface area (Å²) < 4.78 is 0. The molecule has 0 saturated carbocycles. The fourth-order valence-corrected chi connectivity index (χ4v) is 1.34. The van der Waals surface area contributed by atoms with Gasteiger partial charge in [0.2, 0.25) is 0 Å².